The number of carbonyl (C=O) groups is 1. The zero-order valence-corrected chi connectivity index (χ0v) is 19.0. The second kappa shape index (κ2) is 9.44. The second-order valence-corrected chi connectivity index (χ2v) is 7.94. The Labute approximate surface area is 206 Å². The molecule has 0 bridgehead atoms. The first-order valence-electron chi connectivity index (χ1n) is 11.0. The van der Waals surface area contributed by atoms with Crippen LogP contribution < -0.4 is 16.2 Å². The van der Waals surface area contributed by atoms with Gasteiger partial charge in [-0.1, -0.05) is 42.5 Å². The van der Waals surface area contributed by atoms with E-state index in [-0.39, 0.29) is 5.57 Å². The number of amides is 1. The number of carbonyl (C=O) groups excluding carboxylic acids is 1. The van der Waals surface area contributed by atoms with Crippen LogP contribution in [0.3, 0.4) is 0 Å². The highest BCUT2D eigenvalue weighted by Gasteiger charge is 2.16. The molecule has 2 heterocycles. The summed E-state index contributed by atoms with van der Waals surface area (Å²) < 4.78 is 7.80. The number of nitrogens with two attached hydrogens (primary N) is 2. The summed E-state index contributed by atoms with van der Waals surface area (Å²) in [6, 6.07) is 26.4. The first-order chi connectivity index (χ1) is 17.5. The van der Waals surface area contributed by atoms with E-state index in [0.29, 0.717) is 28.2 Å². The Bertz CT molecular complexity index is 1650. The maximum Gasteiger partial charge on any atom is 0.259 e. The monoisotopic (exact) mass is 472 g/mol. The van der Waals surface area contributed by atoms with Crippen LogP contribution in [0.25, 0.3) is 33.9 Å². The van der Waals surface area contributed by atoms with Crippen molar-refractivity contribution in [3.8, 4) is 34.4 Å². The van der Waals surface area contributed by atoms with Crippen LogP contribution in [-0.4, -0.2) is 20.4 Å². The molecule has 5 aromatic rings. The Morgan fingerprint density at radius 1 is 0.972 bits per heavy atom. The van der Waals surface area contributed by atoms with Crippen LogP contribution in [0.1, 0.15) is 5.56 Å². The molecule has 8 nitrogen and oxygen atoms in total. The molecule has 1 amide bonds. The third-order valence-electron chi connectivity index (χ3n) is 5.60. The summed E-state index contributed by atoms with van der Waals surface area (Å²) in [5.74, 6) is 1.04. The minimum Gasteiger partial charge on any atom is -0.457 e. The number of fused-ring (bicyclic) bond motifs is 1. The van der Waals surface area contributed by atoms with Gasteiger partial charge in [-0.05, 0) is 53.6 Å². The van der Waals surface area contributed by atoms with Crippen LogP contribution in [0.4, 0.5) is 5.82 Å². The lowest BCUT2D eigenvalue weighted by molar-refractivity contribution is -0.114. The molecular weight excluding hydrogens is 452 g/mol. The summed E-state index contributed by atoms with van der Waals surface area (Å²) in [6.07, 6.45) is 4.80. The summed E-state index contributed by atoms with van der Waals surface area (Å²) in [5.41, 5.74) is 15.2. The summed E-state index contributed by atoms with van der Waals surface area (Å²) in [5, 5.41) is 9.90. The van der Waals surface area contributed by atoms with E-state index in [1.54, 1.807) is 6.07 Å². The van der Waals surface area contributed by atoms with Crippen molar-refractivity contribution in [1.29, 1.82) is 5.26 Å². The largest absolute Gasteiger partial charge is 0.457 e. The van der Waals surface area contributed by atoms with E-state index in [1.165, 1.54) is 12.4 Å². The average Bonchev–Trinajstić information content (AvgIpc) is 3.29. The fourth-order valence-electron chi connectivity index (χ4n) is 3.92. The Kier molecular flexibility index (Phi) is 5.87. The summed E-state index contributed by atoms with van der Waals surface area (Å²) in [6.45, 7) is 0. The molecule has 2 aromatic heterocycles. The van der Waals surface area contributed by atoms with Crippen molar-refractivity contribution in [2.24, 2.45) is 5.73 Å². The van der Waals surface area contributed by atoms with Gasteiger partial charge in [-0.15, -0.1) is 0 Å². The molecule has 4 N–H and O–H groups in total. The lowest BCUT2D eigenvalue weighted by atomic mass is 10.1. The first kappa shape index (κ1) is 22.4. The van der Waals surface area contributed by atoms with Gasteiger partial charge in [-0.3, -0.25) is 4.79 Å². The maximum atomic E-state index is 11.5. The van der Waals surface area contributed by atoms with Crippen LogP contribution >= 0.6 is 0 Å². The van der Waals surface area contributed by atoms with E-state index in [2.05, 4.69) is 9.97 Å². The summed E-state index contributed by atoms with van der Waals surface area (Å²) >= 11 is 0. The lowest BCUT2D eigenvalue weighted by Crippen LogP contribution is -2.12. The van der Waals surface area contributed by atoms with Gasteiger partial charge in [-0.25, -0.2) is 9.97 Å². The Morgan fingerprint density at radius 3 is 2.44 bits per heavy atom. The van der Waals surface area contributed by atoms with Crippen LogP contribution in [0, 0.1) is 11.3 Å². The normalized spacial score (nSPS) is 11.2. The second-order valence-electron chi connectivity index (χ2n) is 7.94. The molecular formula is C28H20N6O2. The number of nitriles is 1. The van der Waals surface area contributed by atoms with Gasteiger partial charge < -0.3 is 20.8 Å². The molecule has 0 fully saturated rings. The number of ether oxygens (including phenoxy) is 1. The van der Waals surface area contributed by atoms with Crippen LogP contribution in [0.15, 0.2) is 97.0 Å². The molecule has 3 aromatic carbocycles. The highest BCUT2D eigenvalue weighted by Crippen LogP contribution is 2.35. The van der Waals surface area contributed by atoms with Gasteiger partial charge in [0.05, 0.1) is 5.39 Å². The average molecular weight is 473 g/mol. The quantitative estimate of drug-likeness (QED) is 0.268. The number of nitrogens with zero attached hydrogens (tertiary/aromatic N) is 4. The molecule has 5 rings (SSSR count). The van der Waals surface area contributed by atoms with Gasteiger partial charge in [0.1, 0.15) is 35.3 Å². The van der Waals surface area contributed by atoms with Crippen molar-refractivity contribution < 1.29 is 9.53 Å². The summed E-state index contributed by atoms with van der Waals surface area (Å²) in [4.78, 5) is 20.1. The topological polar surface area (TPSA) is 133 Å². The van der Waals surface area contributed by atoms with E-state index >= 15 is 0 Å². The van der Waals surface area contributed by atoms with Gasteiger partial charge in [0.15, 0.2) is 5.65 Å². The van der Waals surface area contributed by atoms with Crippen LogP contribution in [-0.2, 0) is 4.79 Å². The standard InChI is InChI=1S/C28H20N6O2/c29-15-20(27(31)35)13-18-5-4-6-21(14-18)34-16-24(25-26(30)32-17-33-28(25)34)19-9-11-23(12-10-19)36-22-7-2-1-3-8-22/h1-14,16-17H,(H2,31,35)(H2,30,32,33). The molecule has 36 heavy (non-hydrogen) atoms. The first-order valence-corrected chi connectivity index (χ1v) is 11.0. The SMILES string of the molecule is N#CC(=Cc1cccc(-n2cc(-c3ccc(Oc4ccccc4)cc3)c3c(N)ncnc32)c1)C(N)=O. The van der Waals surface area contributed by atoms with E-state index in [1.807, 2.05) is 89.6 Å². The van der Waals surface area contributed by atoms with Gasteiger partial charge in [-0.2, -0.15) is 5.26 Å². The number of hydrogen-bond donors (Lipinski definition) is 2. The highest BCUT2D eigenvalue weighted by atomic mass is 16.5. The molecule has 0 saturated carbocycles. The van der Waals surface area contributed by atoms with Crippen molar-refractivity contribution in [3.63, 3.8) is 0 Å². The number of rotatable bonds is 6. The van der Waals surface area contributed by atoms with Gasteiger partial charge in [0.25, 0.3) is 5.91 Å². The Morgan fingerprint density at radius 2 is 1.72 bits per heavy atom. The van der Waals surface area contributed by atoms with E-state index in [9.17, 15) is 10.1 Å². The van der Waals surface area contributed by atoms with Crippen LogP contribution in [0.5, 0.6) is 11.5 Å². The molecule has 0 spiro atoms. The number of primary amides is 1. The van der Waals surface area contributed by atoms with Crippen LogP contribution in [0.2, 0.25) is 0 Å². The van der Waals surface area contributed by atoms with Crippen molar-refractivity contribution in [2.75, 3.05) is 5.73 Å². The molecule has 8 heteroatoms. The highest BCUT2D eigenvalue weighted by molar-refractivity contribution is 6.02. The van der Waals surface area contributed by atoms with E-state index in [0.717, 1.165) is 22.6 Å². The third-order valence-corrected chi connectivity index (χ3v) is 5.60. The smallest absolute Gasteiger partial charge is 0.259 e. The molecule has 0 radical (unpaired) electrons. The number of nitrogen functional groups attached to an aromatic ring is 1. The molecule has 0 saturated heterocycles. The number of anilines is 1. The van der Waals surface area contributed by atoms with Crippen molar-refractivity contribution in [1.82, 2.24) is 14.5 Å². The maximum absolute atomic E-state index is 11.5. The van der Waals surface area contributed by atoms with Gasteiger partial charge in [0.2, 0.25) is 0 Å². The molecule has 0 atom stereocenters. The van der Waals surface area contributed by atoms with Crippen molar-refractivity contribution in [2.45, 2.75) is 0 Å². The lowest BCUT2D eigenvalue weighted by Gasteiger charge is -2.07. The van der Waals surface area contributed by atoms with E-state index in [4.69, 9.17) is 16.2 Å². The molecule has 0 aliphatic rings. The fourth-order valence-corrected chi connectivity index (χ4v) is 3.92. The zero-order valence-electron chi connectivity index (χ0n) is 19.0. The minimum atomic E-state index is -0.781. The van der Waals surface area contributed by atoms with Crippen molar-refractivity contribution >= 4 is 28.8 Å². The number of hydrogen-bond acceptors (Lipinski definition) is 6. The molecule has 0 unspecified atom stereocenters. The van der Waals surface area contributed by atoms with E-state index < -0.39 is 5.91 Å². The molecule has 0 aliphatic carbocycles. The fraction of sp³-hybridized carbons (Fsp3) is 0. The minimum absolute atomic E-state index is 0.130. The summed E-state index contributed by atoms with van der Waals surface area (Å²) in [7, 11) is 0. The number of aromatic nitrogens is 3. The van der Waals surface area contributed by atoms with Gasteiger partial charge in [0, 0.05) is 17.4 Å². The Hall–Kier alpha value is -5.42. The van der Waals surface area contributed by atoms with Gasteiger partial charge >= 0.3 is 0 Å². The third kappa shape index (κ3) is 4.36. The zero-order chi connectivity index (χ0) is 25.1. The number of para-hydroxylation sites is 1. The Balaban J connectivity index is 1.57. The van der Waals surface area contributed by atoms with Crippen molar-refractivity contribution in [3.05, 3.63) is 103 Å². The number of benzene rings is 3. The predicted octanol–water partition coefficient (Wildman–Crippen LogP) is 4.85. The molecule has 174 valence electrons. The predicted molar refractivity (Wildman–Crippen MR) is 138 cm³/mol. The molecule has 0 aliphatic heterocycles.